The Morgan fingerprint density at radius 1 is 1.05 bits per heavy atom. The van der Waals surface area contributed by atoms with Crippen LogP contribution in [0.25, 0.3) is 0 Å². The molecule has 0 saturated carbocycles. The van der Waals surface area contributed by atoms with E-state index in [2.05, 4.69) is 0 Å². The molecule has 108 valence electrons. The Labute approximate surface area is 130 Å². The molecule has 1 heterocycles. The third kappa shape index (κ3) is 3.02. The third-order valence-corrected chi connectivity index (χ3v) is 6.78. The normalized spacial score (nSPS) is 14.9. The van der Waals surface area contributed by atoms with Crippen LogP contribution in [0.3, 0.4) is 0 Å². The van der Waals surface area contributed by atoms with Gasteiger partial charge in [0.15, 0.2) is 0 Å². The van der Waals surface area contributed by atoms with Crippen molar-refractivity contribution in [3.63, 3.8) is 0 Å². The predicted molar refractivity (Wildman–Crippen MR) is 87.3 cm³/mol. The zero-order valence-electron chi connectivity index (χ0n) is 11.3. The quantitative estimate of drug-likeness (QED) is 0.579. The van der Waals surface area contributed by atoms with Gasteiger partial charge < -0.3 is 0 Å². The third-order valence-electron chi connectivity index (χ3n) is 2.88. The zero-order chi connectivity index (χ0) is 14.7. The Kier molecular flexibility index (Phi) is 4.10. The summed E-state index contributed by atoms with van der Waals surface area (Å²) < 4.78 is 18.9. The second-order valence-corrected chi connectivity index (χ2v) is 8.07. The van der Waals surface area contributed by atoms with Crippen molar-refractivity contribution in [2.45, 2.75) is 0 Å². The zero-order valence-corrected chi connectivity index (χ0v) is 13.4. The molecule has 0 aromatic heterocycles. The molecule has 0 bridgehead atoms. The van der Waals surface area contributed by atoms with Crippen LogP contribution in [-0.4, -0.2) is 13.1 Å². The maximum atomic E-state index is 11.7. The standard InChI is InChI=1S/C16H13IO4/c1-19-12-6-8-13(9-7-12)20-11-10-17-15-5-3-2-4-14(15)16(18)21-17/h2-11H,1H3/b11-10-. The molecule has 4 nitrogen and oxygen atoms in total. The van der Waals surface area contributed by atoms with Gasteiger partial charge in [0, 0.05) is 0 Å². The average molecular weight is 396 g/mol. The minimum atomic E-state index is -2.06. The van der Waals surface area contributed by atoms with Crippen molar-refractivity contribution in [2.24, 2.45) is 0 Å². The summed E-state index contributed by atoms with van der Waals surface area (Å²) in [6, 6.07) is 14.8. The van der Waals surface area contributed by atoms with Crippen LogP contribution in [-0.2, 0) is 3.07 Å². The van der Waals surface area contributed by atoms with Gasteiger partial charge in [0.1, 0.15) is 0 Å². The Morgan fingerprint density at radius 2 is 1.76 bits per heavy atom. The van der Waals surface area contributed by atoms with E-state index in [1.54, 1.807) is 19.4 Å². The van der Waals surface area contributed by atoms with Crippen molar-refractivity contribution in [3.8, 4) is 11.5 Å². The Bertz CT molecular complexity index is 679. The van der Waals surface area contributed by atoms with Crippen LogP contribution in [0.15, 0.2) is 58.9 Å². The van der Waals surface area contributed by atoms with Gasteiger partial charge in [0.25, 0.3) is 0 Å². The number of ether oxygens (including phenoxy) is 2. The van der Waals surface area contributed by atoms with Crippen LogP contribution < -0.4 is 9.47 Å². The summed E-state index contributed by atoms with van der Waals surface area (Å²) in [5.74, 6) is 1.26. The monoisotopic (exact) mass is 396 g/mol. The van der Waals surface area contributed by atoms with Crippen LogP contribution in [0.2, 0.25) is 0 Å². The number of carbonyl (C=O) groups is 1. The molecule has 21 heavy (non-hydrogen) atoms. The number of halogens is 1. The van der Waals surface area contributed by atoms with Gasteiger partial charge in [-0.2, -0.15) is 0 Å². The number of hydrogen-bond donors (Lipinski definition) is 0. The van der Waals surface area contributed by atoms with E-state index in [-0.39, 0.29) is 5.97 Å². The van der Waals surface area contributed by atoms with Gasteiger partial charge in [-0.05, 0) is 0 Å². The van der Waals surface area contributed by atoms with Gasteiger partial charge in [-0.25, -0.2) is 0 Å². The molecule has 0 atom stereocenters. The van der Waals surface area contributed by atoms with E-state index in [0.717, 1.165) is 9.32 Å². The van der Waals surface area contributed by atoms with Crippen molar-refractivity contribution < 1.29 is 17.3 Å². The fraction of sp³-hybridized carbons (Fsp3) is 0.0625. The van der Waals surface area contributed by atoms with E-state index in [0.29, 0.717) is 11.3 Å². The topological polar surface area (TPSA) is 44.8 Å². The van der Waals surface area contributed by atoms with Crippen molar-refractivity contribution in [3.05, 3.63) is 68.0 Å². The second kappa shape index (κ2) is 6.17. The van der Waals surface area contributed by atoms with E-state index in [1.807, 2.05) is 46.5 Å². The molecule has 5 heteroatoms. The van der Waals surface area contributed by atoms with E-state index >= 15 is 0 Å². The van der Waals surface area contributed by atoms with Crippen LogP contribution in [0.5, 0.6) is 11.5 Å². The molecule has 0 unspecified atom stereocenters. The number of rotatable bonds is 4. The molecule has 0 saturated heterocycles. The SMILES string of the molecule is COc1ccc(O/C=C\I2OC(=O)c3ccccc32)cc1. The minimum absolute atomic E-state index is 0.232. The summed E-state index contributed by atoms with van der Waals surface area (Å²) in [5.41, 5.74) is 0.678. The maximum absolute atomic E-state index is 11.7. The predicted octanol–water partition coefficient (Wildman–Crippen LogP) is 4.01. The summed E-state index contributed by atoms with van der Waals surface area (Å²) in [6.07, 6.45) is 1.60. The molecule has 0 fully saturated rings. The first-order valence-electron chi connectivity index (χ1n) is 6.25. The van der Waals surface area contributed by atoms with Gasteiger partial charge >= 0.3 is 130 Å². The first-order valence-corrected chi connectivity index (χ1v) is 9.46. The van der Waals surface area contributed by atoms with Crippen LogP contribution in [0.1, 0.15) is 10.4 Å². The van der Waals surface area contributed by atoms with E-state index < -0.39 is 20.2 Å². The van der Waals surface area contributed by atoms with Gasteiger partial charge in [0.2, 0.25) is 0 Å². The number of fused-ring (bicyclic) bond motifs is 1. The molecule has 1 aliphatic heterocycles. The van der Waals surface area contributed by atoms with Gasteiger partial charge in [-0.3, -0.25) is 0 Å². The van der Waals surface area contributed by atoms with Crippen molar-refractivity contribution in [2.75, 3.05) is 7.11 Å². The van der Waals surface area contributed by atoms with Gasteiger partial charge in [0.05, 0.1) is 0 Å². The summed E-state index contributed by atoms with van der Waals surface area (Å²) >= 11 is -2.06. The summed E-state index contributed by atoms with van der Waals surface area (Å²) in [6.45, 7) is 0. The molecule has 0 N–H and O–H groups in total. The van der Waals surface area contributed by atoms with Gasteiger partial charge in [-0.15, -0.1) is 0 Å². The van der Waals surface area contributed by atoms with Crippen LogP contribution in [0, 0.1) is 3.57 Å². The first-order chi connectivity index (χ1) is 10.3. The van der Waals surface area contributed by atoms with Crippen LogP contribution in [0.4, 0.5) is 0 Å². The second-order valence-electron chi connectivity index (χ2n) is 4.18. The molecule has 2 aromatic rings. The summed E-state index contributed by atoms with van der Waals surface area (Å²) in [7, 11) is 1.62. The molecular formula is C16H13IO4. The molecule has 2 aromatic carbocycles. The first kappa shape index (κ1) is 13.9. The molecule has 1 aliphatic rings. The number of hydrogen-bond acceptors (Lipinski definition) is 4. The average Bonchev–Trinajstić information content (AvgIpc) is 2.85. The van der Waals surface area contributed by atoms with Gasteiger partial charge in [-0.1, -0.05) is 0 Å². The number of methoxy groups -OCH3 is 1. The molecule has 0 amide bonds. The fourth-order valence-electron chi connectivity index (χ4n) is 1.85. The van der Waals surface area contributed by atoms with Crippen molar-refractivity contribution >= 4 is 26.2 Å². The van der Waals surface area contributed by atoms with E-state index in [9.17, 15) is 4.79 Å². The summed E-state index contributed by atoms with van der Waals surface area (Å²) in [4.78, 5) is 11.7. The molecule has 0 radical (unpaired) electrons. The molecule has 3 rings (SSSR count). The molecule has 0 aliphatic carbocycles. The van der Waals surface area contributed by atoms with E-state index in [4.69, 9.17) is 12.5 Å². The van der Waals surface area contributed by atoms with E-state index in [1.165, 1.54) is 0 Å². The number of carbonyl (C=O) groups excluding carboxylic acids is 1. The van der Waals surface area contributed by atoms with Crippen molar-refractivity contribution in [1.29, 1.82) is 0 Å². The summed E-state index contributed by atoms with van der Waals surface area (Å²) in [5, 5.41) is 0. The molecule has 0 spiro atoms. The van der Waals surface area contributed by atoms with Crippen LogP contribution >= 0.6 is 20.2 Å². The molecular weight excluding hydrogens is 383 g/mol. The Balaban J connectivity index is 1.68. The number of benzene rings is 2. The van der Waals surface area contributed by atoms with Crippen molar-refractivity contribution in [1.82, 2.24) is 0 Å². The Morgan fingerprint density at radius 3 is 2.52 bits per heavy atom. The Hall–Kier alpha value is -2.02. The fourth-order valence-corrected chi connectivity index (χ4v) is 5.23.